The second-order valence-corrected chi connectivity index (χ2v) is 7.17. The van der Waals surface area contributed by atoms with Crippen molar-refractivity contribution in [3.8, 4) is 5.75 Å². The lowest BCUT2D eigenvalue weighted by atomic mass is 10.2. The van der Waals surface area contributed by atoms with Crippen molar-refractivity contribution in [2.75, 3.05) is 13.1 Å². The van der Waals surface area contributed by atoms with Crippen molar-refractivity contribution in [3.63, 3.8) is 0 Å². The van der Waals surface area contributed by atoms with E-state index in [9.17, 15) is 4.79 Å². The molecule has 1 N–H and O–H groups in total. The SMILES string of the molecule is CCc1cnc(CCNC(=O)N2Cc3ccccc3OC(C)C2)s1. The minimum absolute atomic E-state index is 0.0227. The van der Waals surface area contributed by atoms with Crippen LogP contribution in [-0.4, -0.2) is 35.1 Å². The zero-order valence-corrected chi connectivity index (χ0v) is 14.9. The molecule has 1 unspecified atom stereocenters. The van der Waals surface area contributed by atoms with Crippen molar-refractivity contribution in [1.29, 1.82) is 0 Å². The normalized spacial score (nSPS) is 16.9. The van der Waals surface area contributed by atoms with Gasteiger partial charge in [-0.05, 0) is 19.4 Å². The molecular weight excluding hydrogens is 322 g/mol. The van der Waals surface area contributed by atoms with E-state index < -0.39 is 0 Å². The van der Waals surface area contributed by atoms with Crippen LogP contribution in [0.3, 0.4) is 0 Å². The summed E-state index contributed by atoms with van der Waals surface area (Å²) >= 11 is 1.72. The first-order valence-electron chi connectivity index (χ1n) is 8.36. The molecule has 0 bridgehead atoms. The van der Waals surface area contributed by atoms with Gasteiger partial charge in [0.1, 0.15) is 11.9 Å². The summed E-state index contributed by atoms with van der Waals surface area (Å²) in [6, 6.07) is 7.85. The molecule has 1 aliphatic heterocycles. The summed E-state index contributed by atoms with van der Waals surface area (Å²) in [6.07, 6.45) is 3.68. The molecule has 0 saturated carbocycles. The van der Waals surface area contributed by atoms with Gasteiger partial charge in [-0.15, -0.1) is 11.3 Å². The summed E-state index contributed by atoms with van der Waals surface area (Å²) in [7, 11) is 0. The Morgan fingerprint density at radius 3 is 3.08 bits per heavy atom. The van der Waals surface area contributed by atoms with E-state index >= 15 is 0 Å². The molecule has 1 atom stereocenters. The van der Waals surface area contributed by atoms with Crippen molar-refractivity contribution in [1.82, 2.24) is 15.2 Å². The molecule has 2 aromatic rings. The predicted molar refractivity (Wildman–Crippen MR) is 95.5 cm³/mol. The number of nitrogens with zero attached hydrogens (tertiary/aromatic N) is 2. The number of nitrogens with one attached hydrogen (secondary N) is 1. The standard InChI is InChI=1S/C18H23N3O2S/c1-3-15-10-20-17(24-15)8-9-19-18(22)21-11-13(2)23-16-7-5-4-6-14(16)12-21/h4-7,10,13H,3,8-9,11-12H2,1-2H3,(H,19,22). The van der Waals surface area contributed by atoms with E-state index in [1.54, 1.807) is 11.3 Å². The molecule has 24 heavy (non-hydrogen) atoms. The van der Waals surface area contributed by atoms with Crippen molar-refractivity contribution in [2.24, 2.45) is 0 Å². The number of benzene rings is 1. The largest absolute Gasteiger partial charge is 0.489 e. The monoisotopic (exact) mass is 345 g/mol. The molecule has 3 rings (SSSR count). The highest BCUT2D eigenvalue weighted by Crippen LogP contribution is 2.24. The van der Waals surface area contributed by atoms with E-state index in [0.717, 1.165) is 29.2 Å². The third-order valence-corrected chi connectivity index (χ3v) is 5.19. The van der Waals surface area contributed by atoms with Crippen LogP contribution in [0.15, 0.2) is 30.5 Å². The number of aromatic nitrogens is 1. The molecular formula is C18H23N3O2S. The number of amides is 2. The average Bonchev–Trinajstić information content (AvgIpc) is 2.96. The second kappa shape index (κ2) is 7.66. The highest BCUT2D eigenvalue weighted by Gasteiger charge is 2.23. The topological polar surface area (TPSA) is 54.5 Å². The number of hydrogen-bond donors (Lipinski definition) is 1. The maximum atomic E-state index is 12.5. The highest BCUT2D eigenvalue weighted by molar-refractivity contribution is 7.11. The molecule has 0 aliphatic carbocycles. The third kappa shape index (κ3) is 4.06. The predicted octanol–water partition coefficient (Wildman–Crippen LogP) is 3.24. The summed E-state index contributed by atoms with van der Waals surface area (Å²) < 4.78 is 5.90. The second-order valence-electron chi connectivity index (χ2n) is 5.97. The van der Waals surface area contributed by atoms with E-state index in [0.29, 0.717) is 19.6 Å². The summed E-state index contributed by atoms with van der Waals surface area (Å²) in [5.41, 5.74) is 1.05. The molecule has 128 valence electrons. The minimum Gasteiger partial charge on any atom is -0.489 e. The van der Waals surface area contributed by atoms with E-state index in [1.807, 2.05) is 42.3 Å². The van der Waals surface area contributed by atoms with Gasteiger partial charge in [0.25, 0.3) is 0 Å². The Morgan fingerprint density at radius 2 is 2.29 bits per heavy atom. The molecule has 2 heterocycles. The maximum absolute atomic E-state index is 12.5. The molecule has 0 radical (unpaired) electrons. The Hall–Kier alpha value is -2.08. The molecule has 2 amide bonds. The van der Waals surface area contributed by atoms with Crippen LogP contribution in [-0.2, 0) is 19.4 Å². The quantitative estimate of drug-likeness (QED) is 0.925. The smallest absolute Gasteiger partial charge is 0.317 e. The first kappa shape index (κ1) is 16.8. The Balaban J connectivity index is 1.56. The zero-order chi connectivity index (χ0) is 16.9. The van der Waals surface area contributed by atoms with Crippen molar-refractivity contribution >= 4 is 17.4 Å². The van der Waals surface area contributed by atoms with Crippen LogP contribution in [0.2, 0.25) is 0 Å². The number of carbonyl (C=O) groups is 1. The lowest BCUT2D eigenvalue weighted by molar-refractivity contribution is 0.158. The number of fused-ring (bicyclic) bond motifs is 1. The average molecular weight is 345 g/mol. The molecule has 0 saturated heterocycles. The van der Waals surface area contributed by atoms with Crippen LogP contribution in [0.5, 0.6) is 5.75 Å². The van der Waals surface area contributed by atoms with Gasteiger partial charge in [-0.2, -0.15) is 0 Å². The van der Waals surface area contributed by atoms with Gasteiger partial charge in [-0.25, -0.2) is 9.78 Å². The Morgan fingerprint density at radius 1 is 1.46 bits per heavy atom. The van der Waals surface area contributed by atoms with E-state index in [-0.39, 0.29) is 12.1 Å². The molecule has 6 heteroatoms. The number of thiazole rings is 1. The lowest BCUT2D eigenvalue weighted by Crippen LogP contribution is -2.43. The van der Waals surface area contributed by atoms with E-state index in [2.05, 4.69) is 17.2 Å². The fourth-order valence-electron chi connectivity index (χ4n) is 2.75. The van der Waals surface area contributed by atoms with Gasteiger partial charge in [-0.1, -0.05) is 25.1 Å². The number of hydrogen-bond acceptors (Lipinski definition) is 4. The van der Waals surface area contributed by atoms with Crippen LogP contribution in [0.1, 0.15) is 29.3 Å². The Kier molecular flexibility index (Phi) is 5.35. The molecule has 5 nitrogen and oxygen atoms in total. The number of carbonyl (C=O) groups excluding carboxylic acids is 1. The lowest BCUT2D eigenvalue weighted by Gasteiger charge is -2.22. The summed E-state index contributed by atoms with van der Waals surface area (Å²) in [5, 5.41) is 4.08. The number of para-hydroxylation sites is 1. The minimum atomic E-state index is -0.0468. The summed E-state index contributed by atoms with van der Waals surface area (Å²) in [4.78, 5) is 20.0. The Bertz CT molecular complexity index is 701. The van der Waals surface area contributed by atoms with E-state index in [4.69, 9.17) is 4.74 Å². The molecule has 0 fully saturated rings. The van der Waals surface area contributed by atoms with Gasteiger partial charge in [-0.3, -0.25) is 0 Å². The first-order chi connectivity index (χ1) is 11.7. The van der Waals surface area contributed by atoms with Crippen molar-refractivity contribution in [3.05, 3.63) is 45.9 Å². The van der Waals surface area contributed by atoms with Crippen molar-refractivity contribution in [2.45, 2.75) is 39.3 Å². The maximum Gasteiger partial charge on any atom is 0.317 e. The molecule has 1 aromatic heterocycles. The number of urea groups is 1. The van der Waals surface area contributed by atoms with Gasteiger partial charge < -0.3 is 15.0 Å². The van der Waals surface area contributed by atoms with Crippen LogP contribution < -0.4 is 10.1 Å². The molecule has 1 aliphatic rings. The van der Waals surface area contributed by atoms with Crippen molar-refractivity contribution < 1.29 is 9.53 Å². The van der Waals surface area contributed by atoms with Crippen LogP contribution in [0.4, 0.5) is 4.79 Å². The zero-order valence-electron chi connectivity index (χ0n) is 14.1. The van der Waals surface area contributed by atoms with Gasteiger partial charge in [0.2, 0.25) is 0 Å². The van der Waals surface area contributed by atoms with E-state index in [1.165, 1.54) is 4.88 Å². The van der Waals surface area contributed by atoms with Gasteiger partial charge >= 0.3 is 6.03 Å². The van der Waals surface area contributed by atoms with Crippen LogP contribution >= 0.6 is 11.3 Å². The third-order valence-electron chi connectivity index (χ3n) is 3.99. The van der Waals surface area contributed by atoms with Gasteiger partial charge in [0, 0.05) is 29.6 Å². The summed E-state index contributed by atoms with van der Waals surface area (Å²) in [5.74, 6) is 0.871. The fraction of sp³-hybridized carbons (Fsp3) is 0.444. The molecule has 1 aromatic carbocycles. The van der Waals surface area contributed by atoms with Crippen LogP contribution in [0.25, 0.3) is 0 Å². The number of ether oxygens (including phenoxy) is 1. The number of aryl methyl sites for hydroxylation is 1. The van der Waals surface area contributed by atoms with Crippen LogP contribution in [0, 0.1) is 0 Å². The van der Waals surface area contributed by atoms with Gasteiger partial charge in [0.15, 0.2) is 0 Å². The Labute approximate surface area is 146 Å². The summed E-state index contributed by atoms with van der Waals surface area (Å²) in [6.45, 7) is 5.87. The number of rotatable bonds is 4. The first-order valence-corrected chi connectivity index (χ1v) is 9.18. The highest BCUT2D eigenvalue weighted by atomic mass is 32.1. The fourth-order valence-corrected chi connectivity index (χ4v) is 3.62. The molecule has 0 spiro atoms. The van der Waals surface area contributed by atoms with Gasteiger partial charge in [0.05, 0.1) is 18.1 Å².